The van der Waals surface area contributed by atoms with E-state index in [4.69, 9.17) is 14.2 Å². The van der Waals surface area contributed by atoms with E-state index >= 15 is 0 Å². The van der Waals surface area contributed by atoms with Crippen molar-refractivity contribution in [2.24, 2.45) is 23.2 Å². The second-order valence-electron chi connectivity index (χ2n) is 8.26. The molecule has 2 saturated carbocycles. The molecule has 0 aromatic heterocycles. The van der Waals surface area contributed by atoms with Crippen LogP contribution in [0.25, 0.3) is 0 Å². The number of aliphatic hydroxyl groups is 1. The number of ether oxygens (including phenoxy) is 3. The molecule has 0 amide bonds. The van der Waals surface area contributed by atoms with Crippen LogP contribution in [0.5, 0.6) is 0 Å². The minimum atomic E-state index is -1.40. The normalized spacial score (nSPS) is 50.8. The van der Waals surface area contributed by atoms with Crippen molar-refractivity contribution >= 4 is 17.9 Å². The van der Waals surface area contributed by atoms with Gasteiger partial charge in [-0.1, -0.05) is 6.92 Å². The predicted octanol–water partition coefficient (Wildman–Crippen LogP) is 0.572. The minimum absolute atomic E-state index is 0.332. The first-order chi connectivity index (χ1) is 11.0. The summed E-state index contributed by atoms with van der Waals surface area (Å²) in [6.07, 6.45) is -0.807. The Morgan fingerprint density at radius 2 is 1.92 bits per heavy atom. The zero-order valence-corrected chi connectivity index (χ0v) is 14.2. The molecular formula is C17H22O7. The molecule has 0 radical (unpaired) electrons. The van der Waals surface area contributed by atoms with Gasteiger partial charge in [0.25, 0.3) is 0 Å². The largest absolute Gasteiger partial charge is 0.459 e. The summed E-state index contributed by atoms with van der Waals surface area (Å²) in [5.41, 5.74) is -3.29. The monoisotopic (exact) mass is 338 g/mol. The highest BCUT2D eigenvalue weighted by atomic mass is 16.6. The summed E-state index contributed by atoms with van der Waals surface area (Å²) >= 11 is 0. The van der Waals surface area contributed by atoms with Crippen LogP contribution < -0.4 is 0 Å². The summed E-state index contributed by atoms with van der Waals surface area (Å²) in [7, 11) is 0. The lowest BCUT2D eigenvalue weighted by Gasteiger charge is -2.54. The fraction of sp³-hybridized carbons (Fsp3) is 0.824. The fourth-order valence-electron chi connectivity index (χ4n) is 5.80. The first-order valence-electron chi connectivity index (χ1n) is 8.37. The second kappa shape index (κ2) is 4.31. The molecule has 7 heteroatoms. The lowest BCUT2D eigenvalue weighted by atomic mass is 9.52. The number of carbonyl (C=O) groups excluding carboxylic acids is 3. The fourth-order valence-corrected chi connectivity index (χ4v) is 5.80. The molecule has 2 aliphatic carbocycles. The molecule has 7 nitrogen and oxygen atoms in total. The third-order valence-electron chi connectivity index (χ3n) is 6.84. The van der Waals surface area contributed by atoms with Crippen LogP contribution >= 0.6 is 0 Å². The lowest BCUT2D eigenvalue weighted by Crippen LogP contribution is -2.68. The molecule has 4 fully saturated rings. The molecule has 0 aromatic rings. The summed E-state index contributed by atoms with van der Waals surface area (Å²) in [6, 6.07) is 0. The van der Waals surface area contributed by atoms with E-state index in [1.807, 2.05) is 0 Å². The third-order valence-corrected chi connectivity index (χ3v) is 6.84. The van der Waals surface area contributed by atoms with Crippen molar-refractivity contribution < 1.29 is 33.7 Å². The number of carbonyl (C=O) groups is 3. The van der Waals surface area contributed by atoms with Gasteiger partial charge in [0.05, 0.1) is 28.8 Å². The van der Waals surface area contributed by atoms with Crippen LogP contribution in [0.4, 0.5) is 0 Å². The van der Waals surface area contributed by atoms with E-state index in [2.05, 4.69) is 0 Å². The SMILES string of the molecule is CC(=O)O[C@@H]1[C@@H]2[C@H](C(=O)OC2(C)C)[C@]2(O)CC[C@@H]3C(=O)O[C@H]1[C@@]32C. The average molecular weight is 338 g/mol. The van der Waals surface area contributed by atoms with Gasteiger partial charge in [-0.2, -0.15) is 0 Å². The van der Waals surface area contributed by atoms with E-state index in [0.717, 1.165) is 0 Å². The Balaban J connectivity index is 1.92. The zero-order chi connectivity index (χ0) is 17.7. The van der Waals surface area contributed by atoms with E-state index in [1.165, 1.54) is 6.92 Å². The Morgan fingerprint density at radius 1 is 1.25 bits per heavy atom. The summed E-state index contributed by atoms with van der Waals surface area (Å²) < 4.78 is 16.6. The second-order valence-corrected chi connectivity index (χ2v) is 8.26. The van der Waals surface area contributed by atoms with Crippen molar-refractivity contribution in [2.75, 3.05) is 0 Å². The van der Waals surface area contributed by atoms with Crippen LogP contribution in [-0.2, 0) is 28.6 Å². The summed E-state index contributed by atoms with van der Waals surface area (Å²) in [5.74, 6) is -3.30. The molecule has 7 atom stereocenters. The van der Waals surface area contributed by atoms with Crippen molar-refractivity contribution in [3.8, 4) is 0 Å². The highest BCUT2D eigenvalue weighted by Gasteiger charge is 2.81. The van der Waals surface area contributed by atoms with E-state index < -0.39 is 58.5 Å². The summed E-state index contributed by atoms with van der Waals surface area (Å²) in [4.78, 5) is 36.6. The molecule has 0 unspecified atom stereocenters. The Labute approximate surface area is 139 Å². The minimum Gasteiger partial charge on any atom is -0.459 e. The standard InChI is InChI=1S/C17H22O7/c1-7(18)22-11-9-10(14(20)24-15(9,2)3)17(21)6-5-8-13(19)23-12(11)16(8,17)4/h8-12,21H,5-6H2,1-4H3/t8-,9+,10-,11-,12-,16-,17-/m1/s1. The number of hydrogen-bond donors (Lipinski definition) is 1. The summed E-state index contributed by atoms with van der Waals surface area (Å²) in [5, 5.41) is 11.5. The molecule has 4 rings (SSSR count). The van der Waals surface area contributed by atoms with Crippen molar-refractivity contribution in [3.63, 3.8) is 0 Å². The molecule has 0 bridgehead atoms. The van der Waals surface area contributed by atoms with Gasteiger partial charge in [0.2, 0.25) is 0 Å². The molecule has 2 heterocycles. The third kappa shape index (κ3) is 1.54. The Bertz CT molecular complexity index is 655. The van der Waals surface area contributed by atoms with Crippen LogP contribution in [0, 0.1) is 23.2 Å². The highest BCUT2D eigenvalue weighted by molar-refractivity contribution is 5.82. The van der Waals surface area contributed by atoms with Crippen molar-refractivity contribution in [1.82, 2.24) is 0 Å². The molecular weight excluding hydrogens is 316 g/mol. The van der Waals surface area contributed by atoms with Gasteiger partial charge >= 0.3 is 17.9 Å². The maximum atomic E-state index is 12.6. The van der Waals surface area contributed by atoms with Crippen LogP contribution in [-0.4, -0.2) is 46.4 Å². The highest BCUT2D eigenvalue weighted by Crippen LogP contribution is 2.68. The van der Waals surface area contributed by atoms with Crippen molar-refractivity contribution in [2.45, 2.75) is 63.9 Å². The maximum Gasteiger partial charge on any atom is 0.313 e. The molecule has 2 aliphatic heterocycles. The predicted molar refractivity (Wildman–Crippen MR) is 78.4 cm³/mol. The van der Waals surface area contributed by atoms with Crippen LogP contribution in [0.15, 0.2) is 0 Å². The molecule has 2 saturated heterocycles. The van der Waals surface area contributed by atoms with Crippen molar-refractivity contribution in [1.29, 1.82) is 0 Å². The smallest absolute Gasteiger partial charge is 0.313 e. The Hall–Kier alpha value is -1.63. The van der Waals surface area contributed by atoms with Crippen molar-refractivity contribution in [3.05, 3.63) is 0 Å². The first kappa shape index (κ1) is 15.9. The van der Waals surface area contributed by atoms with Gasteiger partial charge < -0.3 is 19.3 Å². The van der Waals surface area contributed by atoms with Gasteiger partial charge in [-0.3, -0.25) is 14.4 Å². The maximum absolute atomic E-state index is 12.6. The molecule has 24 heavy (non-hydrogen) atoms. The topological polar surface area (TPSA) is 99.1 Å². The number of esters is 3. The number of rotatable bonds is 1. The molecule has 0 spiro atoms. The van der Waals surface area contributed by atoms with E-state index in [1.54, 1.807) is 20.8 Å². The van der Waals surface area contributed by atoms with Gasteiger partial charge in [-0.05, 0) is 26.7 Å². The van der Waals surface area contributed by atoms with Gasteiger partial charge in [0.15, 0.2) is 0 Å². The average Bonchev–Trinajstić information content (AvgIpc) is 2.96. The van der Waals surface area contributed by atoms with E-state index in [9.17, 15) is 19.5 Å². The van der Waals surface area contributed by atoms with Crippen LogP contribution in [0.1, 0.15) is 40.5 Å². The number of hydrogen-bond acceptors (Lipinski definition) is 7. The van der Waals surface area contributed by atoms with E-state index in [0.29, 0.717) is 12.8 Å². The van der Waals surface area contributed by atoms with Crippen LogP contribution in [0.2, 0.25) is 0 Å². The lowest BCUT2D eigenvalue weighted by molar-refractivity contribution is -0.231. The molecule has 1 N–H and O–H groups in total. The van der Waals surface area contributed by atoms with Gasteiger partial charge in [-0.25, -0.2) is 0 Å². The van der Waals surface area contributed by atoms with Gasteiger partial charge in [0.1, 0.15) is 17.8 Å². The first-order valence-corrected chi connectivity index (χ1v) is 8.37. The van der Waals surface area contributed by atoms with Gasteiger partial charge in [-0.15, -0.1) is 0 Å². The van der Waals surface area contributed by atoms with Crippen LogP contribution in [0.3, 0.4) is 0 Å². The number of cyclic esters (lactones) is 1. The Kier molecular flexibility index (Phi) is 2.85. The van der Waals surface area contributed by atoms with Gasteiger partial charge in [0, 0.05) is 6.92 Å². The quantitative estimate of drug-likeness (QED) is 0.551. The molecule has 0 aromatic carbocycles. The Morgan fingerprint density at radius 3 is 2.54 bits per heavy atom. The molecule has 132 valence electrons. The molecule has 4 aliphatic rings. The summed E-state index contributed by atoms with van der Waals surface area (Å²) in [6.45, 7) is 6.53. The number of fused-ring (bicyclic) bond motifs is 2. The van der Waals surface area contributed by atoms with E-state index in [-0.39, 0.29) is 5.97 Å². The zero-order valence-electron chi connectivity index (χ0n) is 14.2.